The van der Waals surface area contributed by atoms with Crippen LogP contribution in [-0.4, -0.2) is 40.7 Å². The summed E-state index contributed by atoms with van der Waals surface area (Å²) in [5, 5.41) is 11.9. The molecule has 0 spiro atoms. The van der Waals surface area contributed by atoms with Crippen molar-refractivity contribution in [2.75, 3.05) is 18.5 Å². The second-order valence-corrected chi connectivity index (χ2v) is 7.88. The second-order valence-electron chi connectivity index (χ2n) is 7.88. The van der Waals surface area contributed by atoms with E-state index < -0.39 is 41.1 Å². The minimum absolute atomic E-state index is 0.0302. The van der Waals surface area contributed by atoms with Gasteiger partial charge in [0, 0.05) is 24.6 Å². The lowest BCUT2D eigenvalue weighted by molar-refractivity contribution is -0.176. The number of aliphatic hydroxyl groups is 1. The molecule has 9 heteroatoms. The number of halogens is 3. The molecule has 2 aliphatic heterocycles. The topological polar surface area (TPSA) is 78.9 Å². The highest BCUT2D eigenvalue weighted by molar-refractivity contribution is 6.08. The van der Waals surface area contributed by atoms with Gasteiger partial charge in [-0.3, -0.25) is 9.59 Å². The highest BCUT2D eigenvalue weighted by Gasteiger charge is 2.55. The monoisotopic (exact) mass is 434 g/mol. The molecular formula is C22H21F3N2O4. The van der Waals surface area contributed by atoms with Gasteiger partial charge in [0.05, 0.1) is 12.2 Å². The van der Waals surface area contributed by atoms with Gasteiger partial charge in [-0.1, -0.05) is 24.3 Å². The summed E-state index contributed by atoms with van der Waals surface area (Å²) in [4.78, 5) is 27.8. The van der Waals surface area contributed by atoms with E-state index in [2.05, 4.69) is 5.32 Å². The van der Waals surface area contributed by atoms with Crippen LogP contribution < -0.4 is 10.1 Å². The van der Waals surface area contributed by atoms with Crippen LogP contribution in [-0.2, 0) is 15.8 Å². The first kappa shape index (κ1) is 21.2. The van der Waals surface area contributed by atoms with Crippen molar-refractivity contribution in [1.29, 1.82) is 0 Å². The predicted octanol–water partition coefficient (Wildman–Crippen LogP) is 3.38. The Balaban J connectivity index is 1.70. The molecule has 0 saturated carbocycles. The van der Waals surface area contributed by atoms with Crippen LogP contribution >= 0.6 is 0 Å². The van der Waals surface area contributed by atoms with E-state index >= 15 is 0 Å². The fourth-order valence-corrected chi connectivity index (χ4v) is 4.45. The fraction of sp³-hybridized carbons (Fsp3) is 0.364. The second kappa shape index (κ2) is 7.56. The Hall–Kier alpha value is -3.07. The fourth-order valence-electron chi connectivity index (χ4n) is 4.45. The molecule has 164 valence electrons. The number of benzene rings is 2. The van der Waals surface area contributed by atoms with Crippen LogP contribution in [0, 0.1) is 5.92 Å². The minimum atomic E-state index is -4.55. The molecule has 4 rings (SSSR count). The number of hydrogen-bond acceptors (Lipinski definition) is 4. The predicted molar refractivity (Wildman–Crippen MR) is 105 cm³/mol. The Kier molecular flexibility index (Phi) is 5.17. The van der Waals surface area contributed by atoms with Crippen molar-refractivity contribution in [2.45, 2.75) is 31.2 Å². The van der Waals surface area contributed by atoms with Crippen LogP contribution in [0.5, 0.6) is 5.75 Å². The molecule has 2 amide bonds. The first-order valence-corrected chi connectivity index (χ1v) is 9.82. The Morgan fingerprint density at radius 1 is 1.26 bits per heavy atom. The van der Waals surface area contributed by atoms with E-state index in [-0.39, 0.29) is 18.8 Å². The van der Waals surface area contributed by atoms with Crippen molar-refractivity contribution >= 4 is 17.5 Å². The van der Waals surface area contributed by atoms with E-state index in [0.29, 0.717) is 17.7 Å². The molecule has 2 N–H and O–H groups in total. The third-order valence-corrected chi connectivity index (χ3v) is 5.82. The lowest BCUT2D eigenvalue weighted by Crippen LogP contribution is -2.64. The molecule has 0 unspecified atom stereocenters. The Labute approximate surface area is 176 Å². The number of ether oxygens (including phenoxy) is 1. The maximum Gasteiger partial charge on any atom is 0.416 e. The van der Waals surface area contributed by atoms with Crippen LogP contribution in [0.4, 0.5) is 18.9 Å². The van der Waals surface area contributed by atoms with Crippen LogP contribution in [0.25, 0.3) is 0 Å². The number of hydrogen-bond donors (Lipinski definition) is 2. The van der Waals surface area contributed by atoms with Gasteiger partial charge in [-0.25, -0.2) is 0 Å². The van der Waals surface area contributed by atoms with Gasteiger partial charge in [0.1, 0.15) is 11.7 Å². The molecule has 0 aliphatic carbocycles. The van der Waals surface area contributed by atoms with Crippen molar-refractivity contribution in [3.05, 3.63) is 59.7 Å². The highest BCUT2D eigenvalue weighted by atomic mass is 19.4. The average molecular weight is 434 g/mol. The number of nitrogens with one attached hydrogen (secondary N) is 1. The van der Waals surface area contributed by atoms with E-state index in [9.17, 15) is 27.9 Å². The smallest absolute Gasteiger partial charge is 0.416 e. The van der Waals surface area contributed by atoms with Crippen LogP contribution in [0.1, 0.15) is 30.4 Å². The van der Waals surface area contributed by atoms with Gasteiger partial charge in [-0.05, 0) is 36.8 Å². The molecule has 0 aromatic heterocycles. The molecule has 2 bridgehead atoms. The Bertz CT molecular complexity index is 1030. The number of rotatable bonds is 4. The summed E-state index contributed by atoms with van der Waals surface area (Å²) in [5.74, 6) is -2.38. The first-order chi connectivity index (χ1) is 14.6. The van der Waals surface area contributed by atoms with Crippen molar-refractivity contribution in [3.63, 3.8) is 0 Å². The number of amides is 2. The average Bonchev–Trinajstić information content (AvgIpc) is 2.70. The van der Waals surface area contributed by atoms with E-state index in [1.807, 2.05) is 0 Å². The molecule has 2 heterocycles. The summed E-state index contributed by atoms with van der Waals surface area (Å²) < 4.78 is 45.1. The van der Waals surface area contributed by atoms with Gasteiger partial charge in [0.2, 0.25) is 11.8 Å². The van der Waals surface area contributed by atoms with Gasteiger partial charge in [0.25, 0.3) is 0 Å². The van der Waals surface area contributed by atoms with Crippen molar-refractivity contribution in [2.24, 2.45) is 5.92 Å². The largest absolute Gasteiger partial charge is 0.468 e. The SMILES string of the molecule is C[C@@]12C[C@@H](c3ccccc3O1)[C@H](C(=O)Nc1cccc(C(F)(F)F)c1)C(=O)N2CCO. The van der Waals surface area contributed by atoms with Crippen LogP contribution in [0.2, 0.25) is 0 Å². The maximum absolute atomic E-state index is 13.3. The minimum Gasteiger partial charge on any atom is -0.468 e. The number of aliphatic hydroxyl groups excluding tert-OH is 1. The Morgan fingerprint density at radius 3 is 2.71 bits per heavy atom. The summed E-state index contributed by atoms with van der Waals surface area (Å²) in [6.45, 7) is 1.38. The zero-order valence-electron chi connectivity index (χ0n) is 16.6. The number of alkyl halides is 3. The van der Waals surface area contributed by atoms with Crippen molar-refractivity contribution in [1.82, 2.24) is 4.90 Å². The van der Waals surface area contributed by atoms with Gasteiger partial charge in [-0.15, -0.1) is 0 Å². The normalized spacial score (nSPS) is 24.9. The van der Waals surface area contributed by atoms with E-state index in [1.165, 1.54) is 17.0 Å². The Morgan fingerprint density at radius 2 is 2.00 bits per heavy atom. The molecule has 2 aromatic rings. The number of likely N-dealkylation sites (tertiary alicyclic amines) is 1. The van der Waals surface area contributed by atoms with Gasteiger partial charge >= 0.3 is 6.18 Å². The van der Waals surface area contributed by atoms with Gasteiger partial charge in [0.15, 0.2) is 5.72 Å². The van der Waals surface area contributed by atoms with Crippen molar-refractivity contribution < 1.29 is 32.6 Å². The standard InChI is InChI=1S/C22H21F3N2O4/c1-21-12-16(15-7-2-3-8-17(15)31-21)18(20(30)27(21)9-10-28)19(29)26-14-6-4-5-13(11-14)22(23,24)25/h2-8,11,16,18,28H,9-10,12H2,1H3,(H,26,29)/t16-,18+,21-/m0/s1. The molecule has 1 saturated heterocycles. The van der Waals surface area contributed by atoms with E-state index in [1.54, 1.807) is 31.2 Å². The molecule has 0 radical (unpaired) electrons. The lowest BCUT2D eigenvalue weighted by atomic mass is 9.73. The molecule has 2 aliphatic rings. The number of carbonyl (C=O) groups excluding carboxylic acids is 2. The van der Waals surface area contributed by atoms with Crippen molar-refractivity contribution in [3.8, 4) is 5.75 Å². The molecule has 1 fully saturated rings. The first-order valence-electron chi connectivity index (χ1n) is 9.82. The van der Waals surface area contributed by atoms with E-state index in [4.69, 9.17) is 4.74 Å². The summed E-state index contributed by atoms with van der Waals surface area (Å²) in [5.41, 5.74) is -1.28. The third kappa shape index (κ3) is 3.74. The summed E-state index contributed by atoms with van der Waals surface area (Å²) in [7, 11) is 0. The number of anilines is 1. The van der Waals surface area contributed by atoms with E-state index in [0.717, 1.165) is 12.1 Å². The highest BCUT2D eigenvalue weighted by Crippen LogP contribution is 2.50. The summed E-state index contributed by atoms with van der Waals surface area (Å²) in [6, 6.07) is 11.3. The lowest BCUT2D eigenvalue weighted by Gasteiger charge is -2.52. The molecular weight excluding hydrogens is 413 g/mol. The van der Waals surface area contributed by atoms with Crippen LogP contribution in [0.3, 0.4) is 0 Å². The molecule has 3 atom stereocenters. The molecule has 6 nitrogen and oxygen atoms in total. The quantitative estimate of drug-likeness (QED) is 0.724. The zero-order valence-corrected chi connectivity index (χ0v) is 16.6. The number of nitrogens with zero attached hydrogens (tertiary/aromatic N) is 1. The maximum atomic E-state index is 13.3. The number of β-amino-alcohol motifs (C(OH)–C–C–N with tert-alkyl or cyclic N) is 1. The molecule has 31 heavy (non-hydrogen) atoms. The molecule has 2 aromatic carbocycles. The summed E-state index contributed by atoms with van der Waals surface area (Å²) >= 11 is 0. The summed E-state index contributed by atoms with van der Waals surface area (Å²) in [6.07, 6.45) is -4.24. The zero-order chi connectivity index (χ0) is 22.4. The van der Waals surface area contributed by atoms with Crippen LogP contribution in [0.15, 0.2) is 48.5 Å². The van der Waals surface area contributed by atoms with Gasteiger partial charge < -0.3 is 20.1 Å². The van der Waals surface area contributed by atoms with Gasteiger partial charge in [-0.2, -0.15) is 13.2 Å². The number of carbonyl (C=O) groups is 2. The number of piperidine rings is 1. The number of para-hydroxylation sites is 1. The third-order valence-electron chi connectivity index (χ3n) is 5.82. The number of fused-ring (bicyclic) bond motifs is 4.